The first-order valence-corrected chi connectivity index (χ1v) is 36.4. The molecule has 113 heavy (non-hydrogen) atoms. The van der Waals surface area contributed by atoms with E-state index in [2.05, 4.69) is 22.7 Å². The molecule has 39 N–H and O–H groups in total. The normalized spacial score (nSPS) is 48.5. The largest absolute Gasteiger partial charge is 0.453 e. The smallest absolute Gasteiger partial charge is 0.407 e. The van der Waals surface area contributed by atoms with Gasteiger partial charge in [-0.1, -0.05) is 13.5 Å². The van der Waals surface area contributed by atoms with Gasteiger partial charge in [-0.15, -0.1) is 0 Å². The Morgan fingerprint density at radius 3 is 0.823 bits per heavy atom. The van der Waals surface area contributed by atoms with Crippen molar-refractivity contribution < 1.29 is 197 Å². The molecule has 0 aromatic carbocycles. The molecule has 9 heterocycles. The number of amides is 2. The van der Waals surface area contributed by atoms with Crippen molar-refractivity contribution in [2.24, 2.45) is 45.9 Å². The van der Waals surface area contributed by atoms with Crippen molar-refractivity contribution in [1.29, 1.82) is 0 Å². The summed E-state index contributed by atoms with van der Waals surface area (Å²) >= 11 is 0. The topological polar surface area (TPSA) is 849 Å². The van der Waals surface area contributed by atoms with E-state index in [1.54, 1.807) is 0 Å². The van der Waals surface area contributed by atoms with Crippen LogP contribution in [0, 0.1) is 0 Å². The summed E-state index contributed by atoms with van der Waals surface area (Å²) in [6, 6.07) is -14.6. The Kier molecular flexibility index (Phi) is 36.4. The first-order valence-electron chi connectivity index (χ1n) is 36.4. The second-order valence-corrected chi connectivity index (χ2v) is 28.2. The minimum Gasteiger partial charge on any atom is -0.453 e. The van der Waals surface area contributed by atoms with E-state index in [0.717, 1.165) is 20.1 Å². The number of alkyl carbamates (subject to hydrolysis) is 1. The molecule has 9 aliphatic rings. The van der Waals surface area contributed by atoms with Gasteiger partial charge in [0.15, 0.2) is 56.6 Å². The molecule has 9 saturated heterocycles. The Bertz CT molecular complexity index is 2860. The van der Waals surface area contributed by atoms with Crippen LogP contribution >= 0.6 is 0 Å². The number of hydrazine groups is 1. The van der Waals surface area contributed by atoms with Crippen LogP contribution in [0.1, 0.15) is 13.3 Å². The zero-order valence-electron chi connectivity index (χ0n) is 61.3. The summed E-state index contributed by atoms with van der Waals surface area (Å²) in [5, 5.41) is 219. The number of nitrogens with one attached hydrogen (secondary N) is 3. The average Bonchev–Trinajstić information content (AvgIpc) is 0.773. The summed E-state index contributed by atoms with van der Waals surface area (Å²) in [4.78, 5) is 23.2. The fraction of sp³-hybridized carbons (Fsp3) is 0.935. The lowest BCUT2D eigenvalue weighted by molar-refractivity contribution is -0.372. The van der Waals surface area contributed by atoms with Crippen LogP contribution in [-0.4, -0.2) is 463 Å². The predicted molar refractivity (Wildman–Crippen MR) is 363 cm³/mol. The van der Waals surface area contributed by atoms with Crippen LogP contribution < -0.4 is 62.0 Å². The molecule has 9 aliphatic heterocycles. The van der Waals surface area contributed by atoms with E-state index < -0.39 is 341 Å². The molecule has 0 spiro atoms. The van der Waals surface area contributed by atoms with Gasteiger partial charge in [-0.25, -0.2) is 10.2 Å². The highest BCUT2D eigenvalue weighted by Gasteiger charge is 2.60. The first kappa shape index (κ1) is 95.1. The highest BCUT2D eigenvalue weighted by Crippen LogP contribution is 2.39. The van der Waals surface area contributed by atoms with Crippen LogP contribution in [0.5, 0.6) is 0 Å². The number of nitrogens with two attached hydrogens (primary N) is 8. The Balaban J connectivity index is 0.00000167. The molecule has 0 bridgehead atoms. The second-order valence-electron chi connectivity index (χ2n) is 28.2. The van der Waals surface area contributed by atoms with Gasteiger partial charge in [-0.05, 0) is 12.5 Å². The molecule has 658 valence electrons. The number of hydrogen-bond acceptors (Lipinski definition) is 49. The molecule has 0 aromatic heterocycles. The van der Waals surface area contributed by atoms with Crippen molar-refractivity contribution in [2.75, 3.05) is 73.1 Å². The molecule has 2 amide bonds. The fourth-order valence-corrected chi connectivity index (χ4v) is 14.0. The van der Waals surface area contributed by atoms with E-state index in [1.165, 1.54) is 6.08 Å². The van der Waals surface area contributed by atoms with Crippen molar-refractivity contribution in [3.05, 3.63) is 12.7 Å². The summed E-state index contributed by atoms with van der Waals surface area (Å²) in [6.07, 6.45) is -60.4. The van der Waals surface area contributed by atoms with Gasteiger partial charge in [0, 0.05) is 6.54 Å². The van der Waals surface area contributed by atoms with Crippen LogP contribution in [0.2, 0.25) is 0 Å². The van der Waals surface area contributed by atoms with Crippen LogP contribution in [0.3, 0.4) is 0 Å². The molecule has 51 nitrogen and oxygen atoms in total. The summed E-state index contributed by atoms with van der Waals surface area (Å²) in [7, 11) is 0.957. The average molecular weight is 1650 g/mol. The Hall–Kier alpha value is -3.36. The molecule has 0 radical (unpaired) electrons. The van der Waals surface area contributed by atoms with E-state index in [9.17, 15) is 112 Å². The first-order chi connectivity index (χ1) is 53.7. The number of methoxy groups -OCH3 is 1. The molecule has 45 atom stereocenters. The van der Waals surface area contributed by atoms with Crippen molar-refractivity contribution in [1.82, 2.24) is 16.2 Å². The summed E-state index contributed by atoms with van der Waals surface area (Å²) in [6.45, 7) is -2.14. The number of carbonyl (C=O) groups is 2. The monoisotopic (exact) mass is 1650 g/mol. The van der Waals surface area contributed by atoms with Gasteiger partial charge in [0.05, 0.1) is 115 Å². The van der Waals surface area contributed by atoms with Crippen molar-refractivity contribution in [3.8, 4) is 0 Å². The summed E-state index contributed by atoms with van der Waals surface area (Å²) in [5.74, 6) is -0.191. The maximum absolute atomic E-state index is 12.8. The fourth-order valence-electron chi connectivity index (χ4n) is 14.0. The van der Waals surface area contributed by atoms with Crippen LogP contribution in [0.15, 0.2) is 12.7 Å². The number of rotatable bonds is 30. The number of aliphatic hydroxyl groups excluding tert-OH is 20. The second kappa shape index (κ2) is 43.2. The Morgan fingerprint density at radius 2 is 0.566 bits per heavy atom. The summed E-state index contributed by atoms with van der Waals surface area (Å²) in [5.41, 5.74) is 55.3. The van der Waals surface area contributed by atoms with E-state index >= 15 is 0 Å². The lowest BCUT2D eigenvalue weighted by Crippen LogP contribution is -2.71. The van der Waals surface area contributed by atoms with E-state index in [4.69, 9.17) is 131 Å². The van der Waals surface area contributed by atoms with Gasteiger partial charge >= 0.3 is 6.09 Å². The lowest BCUT2D eigenvalue weighted by atomic mass is 9.93. The predicted octanol–water partition coefficient (Wildman–Crippen LogP) is -20.3. The molecule has 0 saturated carbocycles. The van der Waals surface area contributed by atoms with E-state index in [1.807, 2.05) is 6.92 Å². The minimum atomic E-state index is -2.04. The molecule has 9 rings (SSSR count). The molecule has 0 aliphatic carbocycles. The Labute approximate surface area is 644 Å². The van der Waals surface area contributed by atoms with Gasteiger partial charge < -0.3 is 239 Å². The van der Waals surface area contributed by atoms with Gasteiger partial charge in [0.2, 0.25) is 0 Å². The molecule has 0 aromatic rings. The van der Waals surface area contributed by atoms with Gasteiger partial charge in [-0.2, -0.15) is 0 Å². The van der Waals surface area contributed by atoms with Gasteiger partial charge in [0.1, 0.15) is 171 Å². The third-order valence-corrected chi connectivity index (χ3v) is 20.7. The number of hydrogen-bond donors (Lipinski definition) is 31. The zero-order chi connectivity index (χ0) is 83.5. The van der Waals surface area contributed by atoms with Crippen molar-refractivity contribution >= 4 is 12.0 Å². The number of ether oxygens (including phenoxy) is 18. The summed E-state index contributed by atoms with van der Waals surface area (Å²) < 4.78 is 104. The van der Waals surface area contributed by atoms with Crippen molar-refractivity contribution in [2.45, 2.75) is 289 Å². The number of aliphatic hydroxyl groups is 20. The zero-order valence-corrected chi connectivity index (χ0v) is 61.3. The highest BCUT2D eigenvalue weighted by atomic mass is 16.8. The van der Waals surface area contributed by atoms with Crippen molar-refractivity contribution in [3.63, 3.8) is 0 Å². The molecule has 0 unspecified atom stereocenters. The molecule has 51 heteroatoms. The minimum absolute atomic E-state index is 0.191. The van der Waals surface area contributed by atoms with Crippen LogP contribution in [0.25, 0.3) is 0 Å². The third-order valence-electron chi connectivity index (χ3n) is 20.7. The molecular formula is C62H115N11O40. The third kappa shape index (κ3) is 21.5. The van der Waals surface area contributed by atoms with Gasteiger partial charge in [0.25, 0.3) is 5.91 Å². The van der Waals surface area contributed by atoms with Gasteiger partial charge in [-0.3, -0.25) is 10.2 Å². The maximum Gasteiger partial charge on any atom is 0.407 e. The number of carbonyl (C=O) groups excluding carboxylic acids is 2. The standard InChI is InChI=1S/C56H103N9O39.C6H12N2O/c1-87-56(86)65-28-38(84)46(19(10-74)96-55(28)104-45-18(9-73)95-49(27(64)37(45)83)97-39-12(3-67)88-47(85)20(57)31(39)77)103-54-26(63)36(82)44(17(8-72)94-54)102-53-25(62)35(81)43(16(7-71)93-53)101-52-24(61)34(80)42(15(6-70)92-52)100-51-23(60)33(79)41(14(5-69)91-51)99-50-22(59)32(78)40(13(4-68)90-50)98-48-21(58)30(76)29(75)11(2-66)89-48;1-3-5-7-8-6(9)4-2/h11-55,66-85H,2-10,57-64H2,1H3,(H,65,86);4,7H,2-3,5H2,1H3,(H,8,9)/t11-,12-,13-,14-,15-,16-,17-,18-,19-,20-,21-,22-,23-,24-,25-,26-,27-,28-,29-,30-,31-,32-,33-,34-,35-,36-,37-,38-,39-,40-,41-,42-,43-,44-,45-,46-,47-,48+,49+,50+,51+,52+,53+,54+,55+;/m1./s1. The molecular weight excluding hydrogens is 1540 g/mol. The lowest BCUT2D eigenvalue weighted by Gasteiger charge is -2.51. The SMILES string of the molecule is C=CC(=O)NNCCC.COC(=O)N[C@H]1[C@H](O[C@H]2[C@H](O)[C@@H](N)[C@H](O[C@H]3[C@H](O)[C@@H](N)[C@H](O)O[C@@H]3CO)O[C@@H]2CO)O[C@H](CO)[C@@H](O[C@@H]2O[C@H](CO)[C@@H](O[C@@H]3O[C@H](CO)[C@@H](O[C@@H]4O[C@H](CO)[C@@H](O[C@@H]5O[C@H](CO)[C@@H](O[C@@H]6O[C@H](CO)[C@@H](O[C@@H]7O[C@H](CO)[C@@H](O)[C@H](O)[C@H]7N)[C@H](O)[C@H]6N)[C@H](O)[C@H]5N)[C@H](O)[C@H]4N)[C@H](O)[C@H]3N)[C@H](O)[C@H]2N)[C@@H]1O. The quantitative estimate of drug-likeness (QED) is 0.0180. The van der Waals surface area contributed by atoms with Crippen LogP contribution in [-0.2, 0) is 90.1 Å². The highest BCUT2D eigenvalue weighted by molar-refractivity contribution is 5.86. The molecule has 9 fully saturated rings. The van der Waals surface area contributed by atoms with E-state index in [0.29, 0.717) is 0 Å². The van der Waals surface area contributed by atoms with E-state index in [-0.39, 0.29) is 5.91 Å². The maximum atomic E-state index is 12.8. The van der Waals surface area contributed by atoms with Crippen LogP contribution in [0.4, 0.5) is 4.79 Å². The Morgan fingerprint density at radius 1 is 0.336 bits per heavy atom.